The zero-order chi connectivity index (χ0) is 24.9. The molecule has 2 aromatic carbocycles. The Labute approximate surface area is 208 Å². The summed E-state index contributed by atoms with van der Waals surface area (Å²) in [6.07, 6.45) is 4.01. The van der Waals surface area contributed by atoms with Crippen LogP contribution in [0.1, 0.15) is 45.6 Å². The van der Waals surface area contributed by atoms with Crippen LogP contribution < -0.4 is 15.6 Å². The van der Waals surface area contributed by atoms with Gasteiger partial charge in [-0.2, -0.15) is 0 Å². The van der Waals surface area contributed by atoms with Gasteiger partial charge in [0.25, 0.3) is 0 Å². The van der Waals surface area contributed by atoms with Crippen LogP contribution in [0.2, 0.25) is 0 Å². The van der Waals surface area contributed by atoms with Crippen LogP contribution in [0.15, 0.2) is 70.9 Å². The summed E-state index contributed by atoms with van der Waals surface area (Å²) in [7, 11) is 0. The topological polar surface area (TPSA) is 90.5 Å². The molecule has 35 heavy (non-hydrogen) atoms. The standard InChI is InChI=1S/C26H29N5O3S/c1-5-22(24(32)27-19-9-7-18(8-10-19)17(3)4)35-26-29-28-23-25(33)30(15-16-31(23)26)20-11-13-21(14-12-20)34-6-2/h7-17,22H,5-6H2,1-4H3,(H,27,32)/t22-/m0/s1. The molecule has 1 N–H and O–H groups in total. The van der Waals surface area contributed by atoms with Crippen LogP contribution >= 0.6 is 11.8 Å². The lowest BCUT2D eigenvalue weighted by molar-refractivity contribution is -0.115. The van der Waals surface area contributed by atoms with Crippen LogP contribution in [-0.2, 0) is 4.79 Å². The maximum Gasteiger partial charge on any atom is 0.300 e. The average Bonchev–Trinajstić information content (AvgIpc) is 3.27. The van der Waals surface area contributed by atoms with Crippen molar-refractivity contribution in [1.82, 2.24) is 19.2 Å². The van der Waals surface area contributed by atoms with Crippen molar-refractivity contribution in [1.29, 1.82) is 0 Å². The zero-order valence-corrected chi connectivity index (χ0v) is 21.1. The molecule has 0 saturated heterocycles. The highest BCUT2D eigenvalue weighted by Gasteiger charge is 2.22. The predicted molar refractivity (Wildman–Crippen MR) is 139 cm³/mol. The summed E-state index contributed by atoms with van der Waals surface area (Å²) >= 11 is 1.29. The number of fused-ring (bicyclic) bond motifs is 1. The van der Waals surface area contributed by atoms with Gasteiger partial charge in [-0.3, -0.25) is 18.6 Å². The summed E-state index contributed by atoms with van der Waals surface area (Å²) in [6, 6.07) is 15.2. The van der Waals surface area contributed by atoms with E-state index in [-0.39, 0.29) is 22.4 Å². The number of benzene rings is 2. The maximum absolute atomic E-state index is 13.1. The minimum absolute atomic E-state index is 0.116. The van der Waals surface area contributed by atoms with Gasteiger partial charge < -0.3 is 10.1 Å². The fourth-order valence-corrected chi connectivity index (χ4v) is 4.58. The highest BCUT2D eigenvalue weighted by atomic mass is 32.2. The molecular weight excluding hydrogens is 462 g/mol. The van der Waals surface area contributed by atoms with Gasteiger partial charge in [0, 0.05) is 23.8 Å². The lowest BCUT2D eigenvalue weighted by Crippen LogP contribution is -2.25. The Bertz CT molecular complexity index is 1360. The predicted octanol–water partition coefficient (Wildman–Crippen LogP) is 4.91. The third kappa shape index (κ3) is 5.40. The SMILES string of the molecule is CCOc1ccc(-n2ccn3c(S[C@@H](CC)C(=O)Nc4ccc(C(C)C)cc4)nnc3c2=O)cc1. The molecule has 1 atom stereocenters. The monoisotopic (exact) mass is 491 g/mol. The first-order valence-electron chi connectivity index (χ1n) is 11.7. The maximum atomic E-state index is 13.1. The molecule has 0 aliphatic carbocycles. The quantitative estimate of drug-likeness (QED) is 0.335. The minimum atomic E-state index is -0.388. The average molecular weight is 492 g/mol. The first-order valence-corrected chi connectivity index (χ1v) is 12.6. The Morgan fingerprint density at radius 1 is 1.03 bits per heavy atom. The van der Waals surface area contributed by atoms with Crippen LogP contribution in [0.5, 0.6) is 5.75 Å². The van der Waals surface area contributed by atoms with Crippen molar-refractivity contribution >= 4 is 29.0 Å². The first kappa shape index (κ1) is 24.5. The van der Waals surface area contributed by atoms with Gasteiger partial charge in [0.2, 0.25) is 11.6 Å². The number of ether oxygens (including phenoxy) is 1. The van der Waals surface area contributed by atoms with Gasteiger partial charge in [0.1, 0.15) is 5.75 Å². The number of carbonyl (C=O) groups is 1. The largest absolute Gasteiger partial charge is 0.494 e. The number of anilines is 1. The Balaban J connectivity index is 1.52. The zero-order valence-electron chi connectivity index (χ0n) is 20.3. The van der Waals surface area contributed by atoms with Crippen molar-refractivity contribution in [2.75, 3.05) is 11.9 Å². The Morgan fingerprint density at radius 2 is 1.74 bits per heavy atom. The van der Waals surface area contributed by atoms with Gasteiger partial charge in [-0.1, -0.05) is 44.7 Å². The number of nitrogens with zero attached hydrogens (tertiary/aromatic N) is 4. The van der Waals surface area contributed by atoms with E-state index in [0.717, 1.165) is 11.4 Å². The summed E-state index contributed by atoms with van der Waals surface area (Å²) in [6.45, 7) is 8.71. The van der Waals surface area contributed by atoms with Crippen molar-refractivity contribution in [3.63, 3.8) is 0 Å². The Hall–Kier alpha value is -3.59. The van der Waals surface area contributed by atoms with Crippen LogP contribution in [0.3, 0.4) is 0 Å². The number of hydrogen-bond donors (Lipinski definition) is 1. The van der Waals surface area contributed by atoms with E-state index >= 15 is 0 Å². The molecule has 0 aliphatic heterocycles. The molecule has 0 fully saturated rings. The van der Waals surface area contributed by atoms with Gasteiger partial charge in [-0.15, -0.1) is 10.2 Å². The summed E-state index contributed by atoms with van der Waals surface area (Å²) in [5.74, 6) is 1.06. The second kappa shape index (κ2) is 10.8. The van der Waals surface area contributed by atoms with Crippen LogP contribution in [0.25, 0.3) is 11.3 Å². The molecule has 1 amide bonds. The smallest absolute Gasteiger partial charge is 0.300 e. The number of rotatable bonds is 9. The molecule has 4 rings (SSSR count). The number of amides is 1. The molecular formula is C26H29N5O3S. The highest BCUT2D eigenvalue weighted by Crippen LogP contribution is 2.26. The van der Waals surface area contributed by atoms with E-state index < -0.39 is 0 Å². The Kier molecular flexibility index (Phi) is 7.55. The first-order chi connectivity index (χ1) is 16.9. The lowest BCUT2D eigenvalue weighted by atomic mass is 10.0. The normalized spacial score (nSPS) is 12.1. The molecule has 0 spiro atoms. The van der Waals surface area contributed by atoms with E-state index in [1.165, 1.54) is 21.9 Å². The van der Waals surface area contributed by atoms with Gasteiger partial charge in [0.05, 0.1) is 11.9 Å². The number of carbonyl (C=O) groups excluding carboxylic acids is 1. The van der Waals surface area contributed by atoms with Crippen molar-refractivity contribution in [3.05, 3.63) is 76.8 Å². The molecule has 182 valence electrons. The summed E-state index contributed by atoms with van der Waals surface area (Å²) in [5, 5.41) is 11.4. The molecule has 9 heteroatoms. The van der Waals surface area contributed by atoms with Crippen LogP contribution in [-0.4, -0.2) is 36.9 Å². The van der Waals surface area contributed by atoms with Crippen molar-refractivity contribution in [2.45, 2.75) is 50.4 Å². The van der Waals surface area contributed by atoms with Gasteiger partial charge >= 0.3 is 5.56 Å². The molecule has 8 nitrogen and oxygen atoms in total. The third-order valence-electron chi connectivity index (χ3n) is 5.62. The van der Waals surface area contributed by atoms with E-state index in [9.17, 15) is 9.59 Å². The van der Waals surface area contributed by atoms with Gasteiger partial charge in [-0.05, 0) is 61.2 Å². The van der Waals surface area contributed by atoms with Crippen molar-refractivity contribution < 1.29 is 9.53 Å². The van der Waals surface area contributed by atoms with Crippen LogP contribution in [0.4, 0.5) is 5.69 Å². The molecule has 0 bridgehead atoms. The molecule has 4 aromatic rings. The number of thioether (sulfide) groups is 1. The van der Waals surface area contributed by atoms with E-state index in [4.69, 9.17) is 4.74 Å². The fourth-order valence-electron chi connectivity index (χ4n) is 3.64. The number of aromatic nitrogens is 4. The summed E-state index contributed by atoms with van der Waals surface area (Å²) in [5.41, 5.74) is 2.58. The number of nitrogens with one attached hydrogen (secondary N) is 1. The molecule has 0 radical (unpaired) electrons. The molecule has 0 unspecified atom stereocenters. The molecule has 0 saturated carbocycles. The van der Waals surface area contributed by atoms with Gasteiger partial charge in [-0.25, -0.2) is 0 Å². The highest BCUT2D eigenvalue weighted by molar-refractivity contribution is 8.00. The van der Waals surface area contributed by atoms with E-state index in [1.54, 1.807) is 16.8 Å². The molecule has 2 aromatic heterocycles. The fraction of sp³-hybridized carbons (Fsp3) is 0.308. The van der Waals surface area contributed by atoms with Crippen molar-refractivity contribution in [3.8, 4) is 11.4 Å². The van der Waals surface area contributed by atoms with Gasteiger partial charge in [0.15, 0.2) is 5.16 Å². The van der Waals surface area contributed by atoms with E-state index in [2.05, 4.69) is 29.4 Å². The van der Waals surface area contributed by atoms with Crippen LogP contribution in [0, 0.1) is 0 Å². The van der Waals surface area contributed by atoms with Crippen molar-refractivity contribution in [2.24, 2.45) is 0 Å². The summed E-state index contributed by atoms with van der Waals surface area (Å²) < 4.78 is 8.61. The van der Waals surface area contributed by atoms with E-state index in [0.29, 0.717) is 29.8 Å². The van der Waals surface area contributed by atoms with E-state index in [1.807, 2.05) is 62.4 Å². The summed E-state index contributed by atoms with van der Waals surface area (Å²) in [4.78, 5) is 26.0. The molecule has 0 aliphatic rings. The second-order valence-corrected chi connectivity index (χ2v) is 9.53. The minimum Gasteiger partial charge on any atom is -0.494 e. The second-order valence-electron chi connectivity index (χ2n) is 8.36. The number of hydrogen-bond acceptors (Lipinski definition) is 6. The molecule has 2 heterocycles. The third-order valence-corrected chi connectivity index (χ3v) is 6.94. The Morgan fingerprint density at radius 3 is 2.37 bits per heavy atom. The lowest BCUT2D eigenvalue weighted by Gasteiger charge is -2.14.